The Bertz CT molecular complexity index is 80.5. The largest absolute Gasteiger partial charge is 0.385 e. The van der Waals surface area contributed by atoms with Crippen molar-refractivity contribution in [2.24, 2.45) is 0 Å². The molecule has 1 unspecified atom stereocenters. The minimum absolute atomic E-state index is 0.581. The fourth-order valence-electron chi connectivity index (χ4n) is 0.760. The monoisotopic (exact) mass is 177 g/mol. The molecule has 0 rings (SSSR count). The van der Waals surface area contributed by atoms with Crippen LogP contribution in [0.2, 0.25) is 0 Å². The van der Waals surface area contributed by atoms with Gasteiger partial charge in [0.05, 0.1) is 5.37 Å². The van der Waals surface area contributed by atoms with E-state index in [-0.39, 0.29) is 0 Å². The van der Waals surface area contributed by atoms with E-state index in [0.29, 0.717) is 5.37 Å². The van der Waals surface area contributed by atoms with Crippen molar-refractivity contribution >= 4 is 11.8 Å². The normalized spacial score (nSPS) is 13.4. The minimum atomic E-state index is 0.581. The third kappa shape index (κ3) is 8.17. The van der Waals surface area contributed by atoms with Crippen molar-refractivity contribution in [2.75, 3.05) is 26.5 Å². The van der Waals surface area contributed by atoms with Crippen molar-refractivity contribution in [2.45, 2.75) is 25.1 Å². The summed E-state index contributed by atoms with van der Waals surface area (Å²) in [7, 11) is 1.75. The topological polar surface area (TPSA) is 21.3 Å². The van der Waals surface area contributed by atoms with Gasteiger partial charge in [-0.3, -0.25) is 0 Å². The van der Waals surface area contributed by atoms with Crippen LogP contribution < -0.4 is 5.32 Å². The lowest BCUT2D eigenvalue weighted by molar-refractivity contribution is 0.192. The maximum Gasteiger partial charge on any atom is 0.0500 e. The van der Waals surface area contributed by atoms with Gasteiger partial charge in [0, 0.05) is 13.7 Å². The molecule has 0 aromatic rings. The number of methoxy groups -OCH3 is 1. The molecule has 0 aromatic heterocycles. The SMILES string of the molecule is COCCCCNC(C)SC. The fourth-order valence-corrected chi connectivity index (χ4v) is 1.04. The van der Waals surface area contributed by atoms with Crippen LogP contribution in [0.1, 0.15) is 19.8 Å². The highest BCUT2D eigenvalue weighted by Gasteiger charge is 1.95. The first-order chi connectivity index (χ1) is 5.31. The summed E-state index contributed by atoms with van der Waals surface area (Å²) < 4.78 is 4.94. The molecular formula is C8H19NOS. The third-order valence-corrected chi connectivity index (χ3v) is 2.43. The number of hydrogen-bond donors (Lipinski definition) is 1. The van der Waals surface area contributed by atoms with Gasteiger partial charge in [0.15, 0.2) is 0 Å². The van der Waals surface area contributed by atoms with E-state index in [1.165, 1.54) is 6.42 Å². The predicted octanol–water partition coefficient (Wildman–Crippen LogP) is 1.71. The molecule has 1 N–H and O–H groups in total. The second-order valence-electron chi connectivity index (χ2n) is 2.53. The zero-order valence-electron chi connectivity index (χ0n) is 7.72. The first-order valence-electron chi connectivity index (χ1n) is 4.06. The van der Waals surface area contributed by atoms with Gasteiger partial charge in [-0.25, -0.2) is 0 Å². The van der Waals surface area contributed by atoms with Gasteiger partial charge in [0.2, 0.25) is 0 Å². The van der Waals surface area contributed by atoms with Crippen LogP contribution in [0.4, 0.5) is 0 Å². The zero-order valence-corrected chi connectivity index (χ0v) is 8.54. The number of unbranched alkanes of at least 4 members (excludes halogenated alkanes) is 1. The molecule has 0 aliphatic carbocycles. The molecule has 0 fully saturated rings. The summed E-state index contributed by atoms with van der Waals surface area (Å²) in [5, 5.41) is 3.98. The van der Waals surface area contributed by atoms with Gasteiger partial charge in [-0.1, -0.05) is 0 Å². The Balaban J connectivity index is 2.89. The number of ether oxygens (including phenoxy) is 1. The van der Waals surface area contributed by atoms with E-state index in [1.807, 2.05) is 11.8 Å². The van der Waals surface area contributed by atoms with Crippen molar-refractivity contribution in [3.05, 3.63) is 0 Å². The summed E-state index contributed by atoms with van der Waals surface area (Å²) >= 11 is 1.85. The minimum Gasteiger partial charge on any atom is -0.385 e. The van der Waals surface area contributed by atoms with Gasteiger partial charge in [-0.15, -0.1) is 11.8 Å². The van der Waals surface area contributed by atoms with Gasteiger partial charge in [0.1, 0.15) is 0 Å². The Labute approximate surface area is 74.1 Å². The van der Waals surface area contributed by atoms with Crippen molar-refractivity contribution in [1.82, 2.24) is 5.32 Å². The first-order valence-corrected chi connectivity index (χ1v) is 5.35. The van der Waals surface area contributed by atoms with E-state index in [4.69, 9.17) is 4.74 Å². The van der Waals surface area contributed by atoms with Crippen LogP contribution in [0.5, 0.6) is 0 Å². The molecule has 3 heteroatoms. The smallest absolute Gasteiger partial charge is 0.0500 e. The molecule has 0 radical (unpaired) electrons. The molecule has 0 saturated heterocycles. The predicted molar refractivity (Wildman–Crippen MR) is 52.1 cm³/mol. The van der Waals surface area contributed by atoms with Crippen LogP contribution >= 0.6 is 11.8 Å². The van der Waals surface area contributed by atoms with Crippen molar-refractivity contribution < 1.29 is 4.74 Å². The number of thioether (sulfide) groups is 1. The van der Waals surface area contributed by atoms with Crippen LogP contribution in [0.3, 0.4) is 0 Å². The molecule has 0 bridgehead atoms. The molecule has 2 nitrogen and oxygen atoms in total. The summed E-state index contributed by atoms with van der Waals surface area (Å²) in [4.78, 5) is 0. The van der Waals surface area contributed by atoms with Crippen LogP contribution in [-0.4, -0.2) is 31.9 Å². The van der Waals surface area contributed by atoms with Crippen LogP contribution in [-0.2, 0) is 4.74 Å². The molecule has 68 valence electrons. The summed E-state index contributed by atoms with van der Waals surface area (Å²) in [5.74, 6) is 0. The average Bonchev–Trinajstić information content (AvgIpc) is 2.04. The number of nitrogens with one attached hydrogen (secondary N) is 1. The van der Waals surface area contributed by atoms with E-state index in [2.05, 4.69) is 18.5 Å². The lowest BCUT2D eigenvalue weighted by atomic mass is 10.3. The lowest BCUT2D eigenvalue weighted by Crippen LogP contribution is -2.23. The van der Waals surface area contributed by atoms with Gasteiger partial charge in [-0.05, 0) is 32.6 Å². The van der Waals surface area contributed by atoms with Crippen molar-refractivity contribution in [1.29, 1.82) is 0 Å². The molecule has 1 atom stereocenters. The van der Waals surface area contributed by atoms with Crippen LogP contribution in [0.15, 0.2) is 0 Å². The molecule has 0 heterocycles. The van der Waals surface area contributed by atoms with Crippen molar-refractivity contribution in [3.8, 4) is 0 Å². The van der Waals surface area contributed by atoms with Crippen LogP contribution in [0, 0.1) is 0 Å². The Hall–Kier alpha value is 0.270. The molecule has 0 aromatic carbocycles. The molecular weight excluding hydrogens is 158 g/mol. The fraction of sp³-hybridized carbons (Fsp3) is 1.00. The quantitative estimate of drug-likeness (QED) is 0.472. The van der Waals surface area contributed by atoms with Gasteiger partial charge < -0.3 is 10.1 Å². The van der Waals surface area contributed by atoms with E-state index >= 15 is 0 Å². The van der Waals surface area contributed by atoms with E-state index in [0.717, 1.165) is 19.6 Å². The first kappa shape index (κ1) is 11.3. The van der Waals surface area contributed by atoms with E-state index < -0.39 is 0 Å². The molecule has 0 aliphatic heterocycles. The third-order valence-electron chi connectivity index (χ3n) is 1.56. The molecule has 0 aliphatic rings. The highest BCUT2D eigenvalue weighted by atomic mass is 32.2. The van der Waals surface area contributed by atoms with E-state index in [1.54, 1.807) is 7.11 Å². The highest BCUT2D eigenvalue weighted by Crippen LogP contribution is 2.00. The maximum absolute atomic E-state index is 4.94. The summed E-state index contributed by atoms with van der Waals surface area (Å²) in [5.41, 5.74) is 0. The molecule has 11 heavy (non-hydrogen) atoms. The lowest BCUT2D eigenvalue weighted by Gasteiger charge is -2.09. The van der Waals surface area contributed by atoms with Crippen LogP contribution in [0.25, 0.3) is 0 Å². The Kier molecular flexibility index (Phi) is 8.57. The van der Waals surface area contributed by atoms with E-state index in [9.17, 15) is 0 Å². The van der Waals surface area contributed by atoms with Crippen molar-refractivity contribution in [3.63, 3.8) is 0 Å². The summed E-state index contributed by atoms with van der Waals surface area (Å²) in [6.07, 6.45) is 4.48. The molecule has 0 saturated carbocycles. The summed E-state index contributed by atoms with van der Waals surface area (Å²) in [6, 6.07) is 0. The molecule has 0 amide bonds. The maximum atomic E-state index is 4.94. The average molecular weight is 177 g/mol. The highest BCUT2D eigenvalue weighted by molar-refractivity contribution is 7.99. The summed E-state index contributed by atoms with van der Waals surface area (Å²) in [6.45, 7) is 4.17. The Morgan fingerprint density at radius 3 is 2.73 bits per heavy atom. The van der Waals surface area contributed by atoms with Gasteiger partial charge in [0.25, 0.3) is 0 Å². The number of rotatable bonds is 7. The van der Waals surface area contributed by atoms with Gasteiger partial charge >= 0.3 is 0 Å². The Morgan fingerprint density at radius 1 is 1.45 bits per heavy atom. The second-order valence-corrected chi connectivity index (χ2v) is 3.71. The zero-order chi connectivity index (χ0) is 8.53. The Morgan fingerprint density at radius 2 is 2.18 bits per heavy atom. The van der Waals surface area contributed by atoms with Gasteiger partial charge in [-0.2, -0.15) is 0 Å². The number of hydrogen-bond acceptors (Lipinski definition) is 3. The standard InChI is InChI=1S/C8H19NOS/c1-8(11-3)9-6-4-5-7-10-2/h8-9H,4-7H2,1-3H3. The molecule has 0 spiro atoms. The second kappa shape index (κ2) is 8.37.